The normalized spacial score (nSPS) is 15.2. The van der Waals surface area contributed by atoms with E-state index < -0.39 is 0 Å². The molecule has 0 amide bonds. The van der Waals surface area contributed by atoms with E-state index in [1.54, 1.807) is 0 Å². The Hall–Kier alpha value is 0.284. The third-order valence-electron chi connectivity index (χ3n) is 3.60. The second kappa shape index (κ2) is 7.91. The fraction of sp³-hybridized carbons (Fsp3) is 0.333. The summed E-state index contributed by atoms with van der Waals surface area (Å²) < 4.78 is 0.126. The molecule has 19 heavy (non-hydrogen) atoms. The molecule has 0 fully saturated rings. The zero-order valence-electron chi connectivity index (χ0n) is 11.3. The van der Waals surface area contributed by atoms with Crippen LogP contribution in [0.15, 0.2) is 48.6 Å². The van der Waals surface area contributed by atoms with Gasteiger partial charge in [-0.1, -0.05) is 0 Å². The molecular weight excluding hydrogens is 334 g/mol. The largest absolute Gasteiger partial charge is 1.00 e. The number of halogens is 3. The smallest absolute Gasteiger partial charge is 1.00 e. The van der Waals surface area contributed by atoms with Crippen LogP contribution < -0.4 is 37.2 Å². The van der Waals surface area contributed by atoms with E-state index in [0.29, 0.717) is 0 Å². The van der Waals surface area contributed by atoms with Crippen LogP contribution in [0.25, 0.3) is 0 Å². The van der Waals surface area contributed by atoms with Crippen LogP contribution in [0, 0.1) is 6.92 Å². The Balaban J connectivity index is 0. The fourth-order valence-corrected chi connectivity index (χ4v) is 2.69. The first-order valence-electron chi connectivity index (χ1n) is 5.65. The number of benzene rings is 1. The van der Waals surface area contributed by atoms with Crippen molar-refractivity contribution in [3.63, 3.8) is 0 Å². The molecule has 0 unspecified atom stereocenters. The monoisotopic (exact) mass is 350 g/mol. The Bertz CT molecular complexity index is 452. The fourth-order valence-electron chi connectivity index (χ4n) is 2.16. The first-order chi connectivity index (χ1) is 7.46. The third kappa shape index (κ3) is 4.13. The summed E-state index contributed by atoms with van der Waals surface area (Å²) in [7, 11) is 0. The van der Waals surface area contributed by atoms with Crippen LogP contribution in [0.3, 0.4) is 0 Å². The Morgan fingerprint density at radius 1 is 1.00 bits per heavy atom. The Morgan fingerprint density at radius 3 is 2.00 bits per heavy atom. The van der Waals surface area contributed by atoms with Gasteiger partial charge in [0.05, 0.1) is 0 Å². The van der Waals surface area contributed by atoms with Crippen LogP contribution in [-0.4, -0.2) is 0 Å². The zero-order chi connectivity index (χ0) is 11.8. The summed E-state index contributed by atoms with van der Waals surface area (Å²) in [6.07, 6.45) is 8.90. The molecule has 1 aliphatic rings. The Morgan fingerprint density at radius 2 is 1.53 bits per heavy atom. The van der Waals surface area contributed by atoms with E-state index in [9.17, 15) is 0 Å². The molecule has 0 atom stereocenters. The van der Waals surface area contributed by atoms with Crippen molar-refractivity contribution in [2.24, 2.45) is 0 Å². The van der Waals surface area contributed by atoms with Crippen LogP contribution in [0.2, 0.25) is 3.72 Å². The number of hydrogen-bond donors (Lipinski definition) is 0. The molecule has 1 aromatic rings. The first kappa shape index (κ1) is 21.6. The summed E-state index contributed by atoms with van der Waals surface area (Å²) in [6, 6.07) is 8.84. The van der Waals surface area contributed by atoms with Gasteiger partial charge in [-0.25, -0.2) is 0 Å². The van der Waals surface area contributed by atoms with E-state index >= 15 is 0 Å². The molecule has 2 rings (SSSR count). The average Bonchev–Trinajstić information content (AvgIpc) is 2.67. The summed E-state index contributed by atoms with van der Waals surface area (Å²) in [5, 5.41) is 0. The second-order valence-electron chi connectivity index (χ2n) is 5.08. The van der Waals surface area contributed by atoms with Crippen molar-refractivity contribution in [1.29, 1.82) is 0 Å². The Kier molecular flexibility index (Phi) is 8.98. The molecular formula is C15H17Cl3Ti. The van der Waals surface area contributed by atoms with Crippen molar-refractivity contribution in [1.82, 2.24) is 0 Å². The number of rotatable bonds is 2. The van der Waals surface area contributed by atoms with Gasteiger partial charge in [-0.2, -0.15) is 0 Å². The molecule has 4 heteroatoms. The SMILES string of the molecule is Cc1cccc(C(C)(C)[C]2([Ti+3])C=CC=C2)c1.[Cl-].[Cl-].[Cl-]. The van der Waals surface area contributed by atoms with E-state index in [1.807, 2.05) is 0 Å². The molecule has 102 valence electrons. The molecule has 0 aliphatic heterocycles. The van der Waals surface area contributed by atoms with Crippen molar-refractivity contribution in [2.45, 2.75) is 29.9 Å². The van der Waals surface area contributed by atoms with Gasteiger partial charge in [-0.15, -0.1) is 0 Å². The molecule has 1 aromatic carbocycles. The molecule has 0 nitrogen and oxygen atoms in total. The van der Waals surface area contributed by atoms with Crippen molar-refractivity contribution in [3.8, 4) is 0 Å². The molecule has 0 saturated carbocycles. The van der Waals surface area contributed by atoms with Crippen molar-refractivity contribution < 1.29 is 57.7 Å². The van der Waals surface area contributed by atoms with Crippen LogP contribution in [0.4, 0.5) is 0 Å². The average molecular weight is 352 g/mol. The zero-order valence-corrected chi connectivity index (χ0v) is 15.1. The number of hydrogen-bond acceptors (Lipinski definition) is 0. The maximum absolute atomic E-state index is 2.32. The summed E-state index contributed by atoms with van der Waals surface area (Å²) in [5.74, 6) is 0. The van der Waals surface area contributed by atoms with Crippen molar-refractivity contribution in [2.75, 3.05) is 0 Å². The molecule has 0 saturated heterocycles. The van der Waals surface area contributed by atoms with Crippen LogP contribution in [0.5, 0.6) is 0 Å². The van der Waals surface area contributed by atoms with E-state index in [2.05, 4.69) is 89.8 Å². The van der Waals surface area contributed by atoms with Crippen molar-refractivity contribution >= 4 is 0 Å². The summed E-state index contributed by atoms with van der Waals surface area (Å²) in [5.41, 5.74) is 2.87. The van der Waals surface area contributed by atoms with Gasteiger partial charge in [0.1, 0.15) is 0 Å². The van der Waals surface area contributed by atoms with Crippen LogP contribution >= 0.6 is 0 Å². The minimum absolute atomic E-state index is 0. The van der Waals surface area contributed by atoms with E-state index in [1.165, 1.54) is 11.1 Å². The third-order valence-corrected chi connectivity index (χ3v) is 5.10. The summed E-state index contributed by atoms with van der Waals surface area (Å²) in [4.78, 5) is 0. The van der Waals surface area contributed by atoms with Gasteiger partial charge in [0, 0.05) is 0 Å². The van der Waals surface area contributed by atoms with Gasteiger partial charge in [-0.05, 0) is 0 Å². The number of allylic oxidation sites excluding steroid dienone is 4. The minimum Gasteiger partial charge on any atom is -1.00 e. The van der Waals surface area contributed by atoms with Gasteiger partial charge in [0.2, 0.25) is 0 Å². The molecule has 1 aliphatic carbocycles. The van der Waals surface area contributed by atoms with Crippen molar-refractivity contribution in [3.05, 3.63) is 59.7 Å². The topological polar surface area (TPSA) is 0 Å². The molecule has 0 bridgehead atoms. The molecule has 0 N–H and O–H groups in total. The van der Waals surface area contributed by atoms with Gasteiger partial charge < -0.3 is 37.2 Å². The summed E-state index contributed by atoms with van der Waals surface area (Å²) >= 11 is 2.30. The van der Waals surface area contributed by atoms with Gasteiger partial charge >= 0.3 is 110 Å². The molecule has 0 aromatic heterocycles. The van der Waals surface area contributed by atoms with E-state index in [0.717, 1.165) is 0 Å². The van der Waals surface area contributed by atoms with E-state index in [-0.39, 0.29) is 46.4 Å². The maximum Gasteiger partial charge on any atom is -1.00 e. The maximum atomic E-state index is 2.32. The van der Waals surface area contributed by atoms with Gasteiger partial charge in [0.25, 0.3) is 0 Å². The van der Waals surface area contributed by atoms with Crippen LogP contribution in [-0.2, 0) is 25.9 Å². The second-order valence-corrected chi connectivity index (χ2v) is 6.37. The minimum atomic E-state index is 0. The van der Waals surface area contributed by atoms with Gasteiger partial charge in [-0.3, -0.25) is 0 Å². The molecule has 0 spiro atoms. The standard InChI is InChI=1S/C15H17.3ClH.Ti/c1-12-7-6-10-14(11-12)15(2,3)13-8-4-5-9-13;;;;/h4-11H,1-3H3;3*1H;/q;;;;+3/p-3. The van der Waals surface area contributed by atoms with Gasteiger partial charge in [0.15, 0.2) is 0 Å². The molecule has 0 radical (unpaired) electrons. The molecule has 0 heterocycles. The quantitative estimate of drug-likeness (QED) is 0.469. The van der Waals surface area contributed by atoms with Crippen LogP contribution in [0.1, 0.15) is 25.0 Å². The number of aryl methyl sites for hydroxylation is 1. The predicted octanol–water partition coefficient (Wildman–Crippen LogP) is -4.88. The predicted molar refractivity (Wildman–Crippen MR) is 65.2 cm³/mol. The summed E-state index contributed by atoms with van der Waals surface area (Å²) in [6.45, 7) is 6.80. The first-order valence-corrected chi connectivity index (χ1v) is 6.43. The van der Waals surface area contributed by atoms with E-state index in [4.69, 9.17) is 0 Å². The Labute approximate surface area is 146 Å².